The minimum absolute atomic E-state index is 0.0792. The average molecular weight is 230 g/mol. The first kappa shape index (κ1) is 11.9. The van der Waals surface area contributed by atoms with Crippen molar-refractivity contribution in [3.05, 3.63) is 35.9 Å². The predicted molar refractivity (Wildman–Crippen MR) is 55.2 cm³/mol. The molecule has 0 fully saturated rings. The zero-order valence-corrected chi connectivity index (χ0v) is 8.67. The number of phosphoric acid groups is 1. The molecule has 0 bridgehead atoms. The van der Waals surface area contributed by atoms with E-state index in [0.29, 0.717) is 5.56 Å². The van der Waals surface area contributed by atoms with E-state index in [1.807, 2.05) is 0 Å². The van der Waals surface area contributed by atoms with Crippen molar-refractivity contribution in [3.63, 3.8) is 0 Å². The van der Waals surface area contributed by atoms with Gasteiger partial charge in [-0.25, -0.2) is 4.57 Å². The van der Waals surface area contributed by atoms with Gasteiger partial charge < -0.3 is 9.63 Å². The molecule has 0 aliphatic heterocycles. The average Bonchev–Trinajstić information content (AvgIpc) is 2.14. The Kier molecular flexibility index (Phi) is 4.05. The lowest BCUT2D eigenvalue weighted by Gasteiger charge is -2.08. The van der Waals surface area contributed by atoms with E-state index in [2.05, 4.69) is 4.52 Å². The fraction of sp³-hybridized carbons (Fsp3) is 0.111. The van der Waals surface area contributed by atoms with E-state index < -0.39 is 7.82 Å². The van der Waals surface area contributed by atoms with Gasteiger partial charge in [0, 0.05) is 5.56 Å². The summed E-state index contributed by atoms with van der Waals surface area (Å²) in [5, 5.41) is 8.57. The standard InChI is InChI=1S/C9H11O5P/c10-7-3-5-8-4-1-2-6-9(8)14-15(11,12)13/h1-6,10H,7H2,(H2,11,12,13)/b5-3-. The van der Waals surface area contributed by atoms with Crippen LogP contribution in [0.2, 0.25) is 0 Å². The molecule has 1 aromatic rings. The van der Waals surface area contributed by atoms with Crippen LogP contribution < -0.4 is 4.52 Å². The Morgan fingerprint density at radius 2 is 2.00 bits per heavy atom. The maximum absolute atomic E-state index is 10.6. The molecule has 15 heavy (non-hydrogen) atoms. The van der Waals surface area contributed by atoms with Crippen molar-refractivity contribution in [3.8, 4) is 5.75 Å². The Morgan fingerprint density at radius 1 is 1.33 bits per heavy atom. The van der Waals surface area contributed by atoms with Crippen molar-refractivity contribution >= 4 is 13.9 Å². The molecule has 0 amide bonds. The Balaban J connectivity index is 2.96. The van der Waals surface area contributed by atoms with Gasteiger partial charge in [-0.2, -0.15) is 0 Å². The van der Waals surface area contributed by atoms with Gasteiger partial charge in [-0.3, -0.25) is 9.79 Å². The number of para-hydroxylation sites is 1. The molecule has 0 spiro atoms. The molecule has 1 rings (SSSR count). The third kappa shape index (κ3) is 4.27. The van der Waals surface area contributed by atoms with Gasteiger partial charge in [0.25, 0.3) is 0 Å². The zero-order chi connectivity index (χ0) is 11.3. The van der Waals surface area contributed by atoms with Gasteiger partial charge in [0.2, 0.25) is 0 Å². The molecule has 6 heteroatoms. The highest BCUT2D eigenvalue weighted by atomic mass is 31.2. The molecular formula is C9H11O5P. The largest absolute Gasteiger partial charge is 0.524 e. The van der Waals surface area contributed by atoms with E-state index in [9.17, 15) is 4.57 Å². The molecule has 82 valence electrons. The van der Waals surface area contributed by atoms with Gasteiger partial charge >= 0.3 is 7.82 Å². The molecule has 1 aromatic carbocycles. The molecule has 0 heterocycles. The molecule has 0 unspecified atom stereocenters. The third-order valence-corrected chi connectivity index (χ3v) is 1.97. The summed E-state index contributed by atoms with van der Waals surface area (Å²) in [5.74, 6) is 0.0792. The van der Waals surface area contributed by atoms with Gasteiger partial charge in [-0.15, -0.1) is 0 Å². The lowest BCUT2D eigenvalue weighted by atomic mass is 10.2. The lowest BCUT2D eigenvalue weighted by molar-refractivity contribution is 0.283. The van der Waals surface area contributed by atoms with Gasteiger partial charge in [0.15, 0.2) is 0 Å². The van der Waals surface area contributed by atoms with Crippen molar-refractivity contribution in [2.75, 3.05) is 6.61 Å². The highest BCUT2D eigenvalue weighted by molar-refractivity contribution is 7.46. The van der Waals surface area contributed by atoms with Crippen LogP contribution >= 0.6 is 7.82 Å². The Bertz CT molecular complexity index is 395. The summed E-state index contributed by atoms with van der Waals surface area (Å²) in [6.45, 7) is -0.149. The molecule has 0 aliphatic carbocycles. The molecular weight excluding hydrogens is 219 g/mol. The molecule has 3 N–H and O–H groups in total. The fourth-order valence-corrected chi connectivity index (χ4v) is 1.43. The van der Waals surface area contributed by atoms with Gasteiger partial charge in [-0.05, 0) is 6.07 Å². The van der Waals surface area contributed by atoms with E-state index in [1.165, 1.54) is 18.2 Å². The number of benzene rings is 1. The van der Waals surface area contributed by atoms with E-state index in [1.54, 1.807) is 18.2 Å². The fourth-order valence-electron chi connectivity index (χ4n) is 1.01. The number of phosphoric ester groups is 1. The number of rotatable bonds is 4. The SMILES string of the molecule is O=P(O)(O)Oc1ccccc1/C=C\CO. The van der Waals surface area contributed by atoms with Crippen LogP contribution in [-0.2, 0) is 4.57 Å². The third-order valence-electron chi connectivity index (χ3n) is 1.54. The smallest absolute Gasteiger partial charge is 0.404 e. The van der Waals surface area contributed by atoms with Crippen LogP contribution in [0.15, 0.2) is 30.3 Å². The Morgan fingerprint density at radius 3 is 2.60 bits per heavy atom. The van der Waals surface area contributed by atoms with Crippen LogP contribution in [0.1, 0.15) is 5.56 Å². The normalized spacial score (nSPS) is 11.9. The van der Waals surface area contributed by atoms with E-state index in [4.69, 9.17) is 14.9 Å². The van der Waals surface area contributed by atoms with Crippen molar-refractivity contribution in [1.29, 1.82) is 0 Å². The first-order valence-electron chi connectivity index (χ1n) is 4.14. The monoisotopic (exact) mass is 230 g/mol. The summed E-state index contributed by atoms with van der Waals surface area (Å²) in [4.78, 5) is 17.3. The highest BCUT2D eigenvalue weighted by Gasteiger charge is 2.16. The van der Waals surface area contributed by atoms with Gasteiger partial charge in [0.1, 0.15) is 5.75 Å². The Labute approximate surface area is 86.9 Å². The summed E-state index contributed by atoms with van der Waals surface area (Å²) < 4.78 is 15.1. The minimum Gasteiger partial charge on any atom is -0.404 e. The topological polar surface area (TPSA) is 87.0 Å². The van der Waals surface area contributed by atoms with Crippen LogP contribution in [0.5, 0.6) is 5.75 Å². The zero-order valence-electron chi connectivity index (χ0n) is 7.78. The quantitative estimate of drug-likeness (QED) is 0.675. The van der Waals surface area contributed by atoms with Crippen LogP contribution in [-0.4, -0.2) is 21.5 Å². The van der Waals surface area contributed by atoms with Crippen molar-refractivity contribution in [2.24, 2.45) is 0 Å². The number of aliphatic hydroxyl groups is 1. The van der Waals surface area contributed by atoms with Gasteiger partial charge in [-0.1, -0.05) is 30.4 Å². The van der Waals surface area contributed by atoms with Crippen LogP contribution in [0.4, 0.5) is 0 Å². The van der Waals surface area contributed by atoms with E-state index in [0.717, 1.165) is 0 Å². The van der Waals surface area contributed by atoms with Gasteiger partial charge in [0.05, 0.1) is 6.61 Å². The lowest BCUT2D eigenvalue weighted by Crippen LogP contribution is -1.92. The number of hydrogen-bond acceptors (Lipinski definition) is 3. The van der Waals surface area contributed by atoms with Crippen LogP contribution in [0.25, 0.3) is 6.08 Å². The Hall–Kier alpha value is -1.13. The first-order chi connectivity index (χ1) is 7.03. The molecule has 0 aliphatic rings. The molecule has 0 saturated heterocycles. The summed E-state index contributed by atoms with van der Waals surface area (Å²) in [5.41, 5.74) is 0.495. The second-order valence-electron chi connectivity index (χ2n) is 2.70. The minimum atomic E-state index is -4.54. The van der Waals surface area contributed by atoms with Crippen LogP contribution in [0.3, 0.4) is 0 Å². The molecule has 0 radical (unpaired) electrons. The second-order valence-corrected chi connectivity index (χ2v) is 3.87. The summed E-state index contributed by atoms with van der Waals surface area (Å²) in [7, 11) is -4.54. The number of hydrogen-bond donors (Lipinski definition) is 3. The van der Waals surface area contributed by atoms with Crippen molar-refractivity contribution in [1.82, 2.24) is 0 Å². The molecule has 0 saturated carbocycles. The summed E-state index contributed by atoms with van der Waals surface area (Å²) in [6, 6.07) is 6.36. The maximum atomic E-state index is 10.6. The molecule has 5 nitrogen and oxygen atoms in total. The summed E-state index contributed by atoms with van der Waals surface area (Å²) in [6.07, 6.45) is 2.97. The maximum Gasteiger partial charge on any atom is 0.524 e. The van der Waals surface area contributed by atoms with E-state index >= 15 is 0 Å². The first-order valence-corrected chi connectivity index (χ1v) is 5.67. The van der Waals surface area contributed by atoms with Crippen molar-refractivity contribution < 1.29 is 24.0 Å². The molecule has 0 aromatic heterocycles. The summed E-state index contributed by atoms with van der Waals surface area (Å²) >= 11 is 0. The molecule has 0 atom stereocenters. The highest BCUT2D eigenvalue weighted by Crippen LogP contribution is 2.39. The van der Waals surface area contributed by atoms with Crippen molar-refractivity contribution in [2.45, 2.75) is 0 Å². The van der Waals surface area contributed by atoms with E-state index in [-0.39, 0.29) is 12.4 Å². The predicted octanol–water partition coefficient (Wildman–Crippen LogP) is 1.16. The van der Waals surface area contributed by atoms with Crippen LogP contribution in [0, 0.1) is 0 Å². The number of aliphatic hydroxyl groups excluding tert-OH is 1. The second kappa shape index (κ2) is 5.09.